The molecule has 1 aromatic heterocycles. The van der Waals surface area contributed by atoms with Gasteiger partial charge in [0.25, 0.3) is 0 Å². The van der Waals surface area contributed by atoms with E-state index in [0.29, 0.717) is 33.8 Å². The van der Waals surface area contributed by atoms with E-state index in [2.05, 4.69) is 5.10 Å². The number of esters is 1. The molecule has 0 aliphatic heterocycles. The molecule has 1 saturated carbocycles. The largest absolute Gasteiger partial charge is 0.462 e. The normalized spacial score (nSPS) is 14.2. The van der Waals surface area contributed by atoms with Crippen LogP contribution in [0.2, 0.25) is 10.0 Å². The van der Waals surface area contributed by atoms with Crippen molar-refractivity contribution in [3.05, 3.63) is 45.7 Å². The minimum absolute atomic E-state index is 0.321. The van der Waals surface area contributed by atoms with Crippen LogP contribution in [0.1, 0.15) is 41.7 Å². The maximum Gasteiger partial charge on any atom is 0.341 e. The molecule has 0 bridgehead atoms. The van der Waals surface area contributed by atoms with E-state index in [0.717, 1.165) is 18.5 Å². The second kappa shape index (κ2) is 5.70. The zero-order chi connectivity index (χ0) is 15.0. The highest BCUT2D eigenvalue weighted by molar-refractivity contribution is 6.43. The monoisotopic (exact) mass is 324 g/mol. The van der Waals surface area contributed by atoms with Crippen LogP contribution in [0.25, 0.3) is 5.69 Å². The SMILES string of the molecule is CCOC(=O)c1cnn(-c2cccc(Cl)c2Cl)c1C1CC1. The van der Waals surface area contributed by atoms with Crippen molar-refractivity contribution in [2.45, 2.75) is 25.7 Å². The van der Waals surface area contributed by atoms with Gasteiger partial charge in [-0.25, -0.2) is 9.48 Å². The molecule has 110 valence electrons. The number of carbonyl (C=O) groups is 1. The fourth-order valence-electron chi connectivity index (χ4n) is 2.32. The second-order valence-corrected chi connectivity index (χ2v) is 5.71. The van der Waals surface area contributed by atoms with E-state index in [1.165, 1.54) is 0 Å². The number of aromatic nitrogens is 2. The van der Waals surface area contributed by atoms with Crippen LogP contribution < -0.4 is 0 Å². The first kappa shape index (κ1) is 14.4. The van der Waals surface area contributed by atoms with E-state index in [4.69, 9.17) is 27.9 Å². The molecule has 0 unspecified atom stereocenters. The Balaban J connectivity index is 2.11. The summed E-state index contributed by atoms with van der Waals surface area (Å²) >= 11 is 12.3. The standard InChI is InChI=1S/C15H14Cl2N2O2/c1-2-21-15(20)10-8-18-19(14(10)9-6-7-9)12-5-3-4-11(16)13(12)17/h3-5,8-9H,2,6-7H2,1H3. The maximum absolute atomic E-state index is 12.1. The minimum atomic E-state index is -0.344. The van der Waals surface area contributed by atoms with Crippen molar-refractivity contribution in [2.24, 2.45) is 0 Å². The van der Waals surface area contributed by atoms with Crippen LogP contribution in [0.4, 0.5) is 0 Å². The number of halogens is 2. The molecule has 1 fully saturated rings. The first-order chi connectivity index (χ1) is 10.1. The summed E-state index contributed by atoms with van der Waals surface area (Å²) in [4.78, 5) is 12.1. The Kier molecular flexibility index (Phi) is 3.91. The van der Waals surface area contributed by atoms with Crippen LogP contribution in [0.15, 0.2) is 24.4 Å². The summed E-state index contributed by atoms with van der Waals surface area (Å²) in [5, 5.41) is 5.22. The molecule has 0 saturated heterocycles. The van der Waals surface area contributed by atoms with E-state index in [1.54, 1.807) is 23.9 Å². The van der Waals surface area contributed by atoms with Gasteiger partial charge in [-0.15, -0.1) is 0 Å². The topological polar surface area (TPSA) is 44.1 Å². The summed E-state index contributed by atoms with van der Waals surface area (Å²) in [6.07, 6.45) is 3.62. The predicted molar refractivity (Wildman–Crippen MR) is 81.5 cm³/mol. The average Bonchev–Trinajstić information content (AvgIpc) is 3.21. The average molecular weight is 325 g/mol. The summed E-state index contributed by atoms with van der Waals surface area (Å²) in [5.41, 5.74) is 2.05. The van der Waals surface area contributed by atoms with Gasteiger partial charge in [0.05, 0.1) is 34.2 Å². The zero-order valence-electron chi connectivity index (χ0n) is 11.5. The van der Waals surface area contributed by atoms with E-state index < -0.39 is 0 Å². The van der Waals surface area contributed by atoms with Crippen LogP contribution in [0, 0.1) is 0 Å². The molecular formula is C15H14Cl2N2O2. The summed E-state index contributed by atoms with van der Waals surface area (Å²) in [7, 11) is 0. The van der Waals surface area contributed by atoms with E-state index >= 15 is 0 Å². The van der Waals surface area contributed by atoms with Crippen LogP contribution in [0.3, 0.4) is 0 Å². The Bertz CT molecular complexity index is 693. The molecule has 1 aliphatic carbocycles. The Morgan fingerprint density at radius 1 is 1.43 bits per heavy atom. The number of nitrogens with zero attached hydrogens (tertiary/aromatic N) is 2. The van der Waals surface area contributed by atoms with Gasteiger partial charge in [0, 0.05) is 5.92 Å². The lowest BCUT2D eigenvalue weighted by molar-refractivity contribution is 0.0525. The smallest absolute Gasteiger partial charge is 0.341 e. The van der Waals surface area contributed by atoms with Crippen LogP contribution >= 0.6 is 23.2 Å². The number of rotatable bonds is 4. The van der Waals surface area contributed by atoms with Gasteiger partial charge in [-0.05, 0) is 31.9 Å². The predicted octanol–water partition coefficient (Wildman–Crippen LogP) is 4.23. The molecule has 0 radical (unpaired) electrons. The quantitative estimate of drug-likeness (QED) is 0.790. The first-order valence-corrected chi connectivity index (χ1v) is 7.58. The van der Waals surface area contributed by atoms with Gasteiger partial charge in [-0.3, -0.25) is 0 Å². The van der Waals surface area contributed by atoms with Crippen molar-refractivity contribution in [3.63, 3.8) is 0 Å². The third kappa shape index (κ3) is 2.65. The molecular weight excluding hydrogens is 311 g/mol. The van der Waals surface area contributed by atoms with Crippen molar-refractivity contribution < 1.29 is 9.53 Å². The first-order valence-electron chi connectivity index (χ1n) is 6.83. The molecule has 0 atom stereocenters. The molecule has 1 heterocycles. The Morgan fingerprint density at radius 3 is 2.86 bits per heavy atom. The molecule has 1 aliphatic rings. The van der Waals surface area contributed by atoms with E-state index in [-0.39, 0.29) is 5.97 Å². The van der Waals surface area contributed by atoms with E-state index in [1.807, 2.05) is 12.1 Å². The third-order valence-electron chi connectivity index (χ3n) is 3.43. The van der Waals surface area contributed by atoms with Crippen molar-refractivity contribution in [2.75, 3.05) is 6.61 Å². The molecule has 0 N–H and O–H groups in total. The molecule has 0 amide bonds. The summed E-state index contributed by atoms with van der Waals surface area (Å²) < 4.78 is 6.80. The number of carbonyl (C=O) groups excluding carboxylic acids is 1. The Labute approximate surface area is 132 Å². The van der Waals surface area contributed by atoms with Gasteiger partial charge in [0.1, 0.15) is 5.56 Å². The molecule has 1 aromatic carbocycles. The van der Waals surface area contributed by atoms with E-state index in [9.17, 15) is 4.79 Å². The Hall–Kier alpha value is -1.52. The molecule has 6 heteroatoms. The minimum Gasteiger partial charge on any atom is -0.462 e. The molecule has 4 nitrogen and oxygen atoms in total. The zero-order valence-corrected chi connectivity index (χ0v) is 13.0. The van der Waals surface area contributed by atoms with Gasteiger partial charge in [-0.2, -0.15) is 5.10 Å². The van der Waals surface area contributed by atoms with Crippen molar-refractivity contribution in [3.8, 4) is 5.69 Å². The Morgan fingerprint density at radius 2 is 2.19 bits per heavy atom. The van der Waals surface area contributed by atoms with Crippen LogP contribution in [-0.2, 0) is 4.74 Å². The fourth-order valence-corrected chi connectivity index (χ4v) is 2.70. The fraction of sp³-hybridized carbons (Fsp3) is 0.333. The molecule has 2 aromatic rings. The number of benzene rings is 1. The number of hydrogen-bond donors (Lipinski definition) is 0. The second-order valence-electron chi connectivity index (χ2n) is 4.92. The molecule has 0 spiro atoms. The van der Waals surface area contributed by atoms with Gasteiger partial charge in [-0.1, -0.05) is 29.3 Å². The van der Waals surface area contributed by atoms with Crippen molar-refractivity contribution in [1.82, 2.24) is 9.78 Å². The van der Waals surface area contributed by atoms with Gasteiger partial charge in [0.15, 0.2) is 0 Å². The van der Waals surface area contributed by atoms with Crippen molar-refractivity contribution in [1.29, 1.82) is 0 Å². The summed E-state index contributed by atoms with van der Waals surface area (Å²) in [6.45, 7) is 2.12. The summed E-state index contributed by atoms with van der Waals surface area (Å²) in [6, 6.07) is 5.37. The number of hydrogen-bond acceptors (Lipinski definition) is 3. The van der Waals surface area contributed by atoms with Gasteiger partial charge >= 0.3 is 5.97 Å². The van der Waals surface area contributed by atoms with Gasteiger partial charge in [0.2, 0.25) is 0 Å². The highest BCUT2D eigenvalue weighted by atomic mass is 35.5. The van der Waals surface area contributed by atoms with Crippen LogP contribution in [-0.4, -0.2) is 22.4 Å². The lowest BCUT2D eigenvalue weighted by Gasteiger charge is -2.11. The van der Waals surface area contributed by atoms with Crippen LogP contribution in [0.5, 0.6) is 0 Å². The maximum atomic E-state index is 12.1. The summed E-state index contributed by atoms with van der Waals surface area (Å²) in [5.74, 6) is -0.0224. The lowest BCUT2D eigenvalue weighted by Crippen LogP contribution is -2.09. The van der Waals surface area contributed by atoms with Crippen molar-refractivity contribution >= 4 is 29.2 Å². The molecule has 21 heavy (non-hydrogen) atoms. The lowest BCUT2D eigenvalue weighted by atomic mass is 10.1. The third-order valence-corrected chi connectivity index (χ3v) is 4.23. The molecule has 3 rings (SSSR count). The van der Waals surface area contributed by atoms with Gasteiger partial charge < -0.3 is 4.74 Å². The highest BCUT2D eigenvalue weighted by Gasteiger charge is 2.33. The highest BCUT2D eigenvalue weighted by Crippen LogP contribution is 2.43. The number of ether oxygens (including phenoxy) is 1.